The zero-order valence-electron chi connectivity index (χ0n) is 14.6. The highest BCUT2D eigenvalue weighted by molar-refractivity contribution is 4.87. The van der Waals surface area contributed by atoms with Crippen LogP contribution in [-0.2, 0) is 9.47 Å². The Morgan fingerprint density at radius 3 is 2.48 bits per heavy atom. The van der Waals surface area contributed by atoms with E-state index in [1.807, 2.05) is 0 Å². The Kier molecular flexibility index (Phi) is 10.3. The zero-order valence-corrected chi connectivity index (χ0v) is 14.6. The van der Waals surface area contributed by atoms with Crippen molar-refractivity contribution in [3.8, 4) is 0 Å². The van der Waals surface area contributed by atoms with E-state index >= 15 is 0 Å². The Hall–Kier alpha value is -0.120. The molecule has 0 spiro atoms. The molecule has 1 fully saturated rings. The van der Waals surface area contributed by atoms with E-state index < -0.39 is 0 Å². The van der Waals surface area contributed by atoms with Crippen LogP contribution in [0.15, 0.2) is 0 Å². The van der Waals surface area contributed by atoms with Gasteiger partial charge in [-0.1, -0.05) is 33.1 Å². The SMILES string of the molecule is CCCCC1CCC(CCOCCOC)(CNCC)CC1. The Bertz CT molecular complexity index is 232. The van der Waals surface area contributed by atoms with E-state index in [2.05, 4.69) is 19.2 Å². The molecule has 3 nitrogen and oxygen atoms in total. The van der Waals surface area contributed by atoms with E-state index in [4.69, 9.17) is 9.47 Å². The molecule has 1 aliphatic rings. The van der Waals surface area contributed by atoms with Gasteiger partial charge in [0.05, 0.1) is 13.2 Å². The molecule has 0 aromatic carbocycles. The average molecular weight is 299 g/mol. The number of hydrogen-bond acceptors (Lipinski definition) is 3. The predicted octanol–water partition coefficient (Wildman–Crippen LogP) is 4.02. The summed E-state index contributed by atoms with van der Waals surface area (Å²) < 4.78 is 10.8. The molecule has 0 amide bonds. The molecular weight excluding hydrogens is 262 g/mol. The van der Waals surface area contributed by atoms with E-state index in [0.29, 0.717) is 12.0 Å². The van der Waals surface area contributed by atoms with Crippen molar-refractivity contribution < 1.29 is 9.47 Å². The van der Waals surface area contributed by atoms with Crippen molar-refractivity contribution >= 4 is 0 Å². The molecule has 0 aliphatic heterocycles. The normalized spacial score (nSPS) is 26.1. The summed E-state index contributed by atoms with van der Waals surface area (Å²) in [6.45, 7) is 9.06. The number of unbranched alkanes of at least 4 members (excludes halogenated alkanes) is 1. The molecule has 1 N–H and O–H groups in total. The van der Waals surface area contributed by atoms with Gasteiger partial charge >= 0.3 is 0 Å². The molecule has 126 valence electrons. The van der Waals surface area contributed by atoms with E-state index in [1.165, 1.54) is 51.4 Å². The van der Waals surface area contributed by atoms with Crippen LogP contribution in [-0.4, -0.2) is 40.0 Å². The molecule has 0 radical (unpaired) electrons. The highest BCUT2D eigenvalue weighted by Crippen LogP contribution is 2.42. The van der Waals surface area contributed by atoms with Crippen LogP contribution in [0.25, 0.3) is 0 Å². The molecule has 3 heteroatoms. The van der Waals surface area contributed by atoms with Gasteiger partial charge in [-0.3, -0.25) is 0 Å². The van der Waals surface area contributed by atoms with Gasteiger partial charge in [0.15, 0.2) is 0 Å². The van der Waals surface area contributed by atoms with Crippen LogP contribution in [0, 0.1) is 11.3 Å². The Labute approximate surface area is 132 Å². The van der Waals surface area contributed by atoms with Crippen molar-refractivity contribution in [3.05, 3.63) is 0 Å². The average Bonchev–Trinajstić information content (AvgIpc) is 2.52. The summed E-state index contributed by atoms with van der Waals surface area (Å²) in [6, 6.07) is 0. The van der Waals surface area contributed by atoms with Crippen LogP contribution in [0.2, 0.25) is 0 Å². The Morgan fingerprint density at radius 2 is 1.86 bits per heavy atom. The lowest BCUT2D eigenvalue weighted by molar-refractivity contribution is 0.0357. The van der Waals surface area contributed by atoms with Crippen molar-refractivity contribution in [3.63, 3.8) is 0 Å². The van der Waals surface area contributed by atoms with Gasteiger partial charge in [-0.15, -0.1) is 0 Å². The quantitative estimate of drug-likeness (QED) is 0.552. The molecule has 0 atom stereocenters. The summed E-state index contributed by atoms with van der Waals surface area (Å²) >= 11 is 0. The van der Waals surface area contributed by atoms with Crippen molar-refractivity contribution in [2.24, 2.45) is 11.3 Å². The zero-order chi connectivity index (χ0) is 15.4. The van der Waals surface area contributed by atoms with Gasteiger partial charge < -0.3 is 14.8 Å². The lowest BCUT2D eigenvalue weighted by Crippen LogP contribution is -2.38. The highest BCUT2D eigenvalue weighted by atomic mass is 16.5. The fraction of sp³-hybridized carbons (Fsp3) is 1.00. The summed E-state index contributed by atoms with van der Waals surface area (Å²) in [7, 11) is 1.73. The van der Waals surface area contributed by atoms with Crippen LogP contribution < -0.4 is 5.32 Å². The molecule has 0 aromatic rings. The summed E-state index contributed by atoms with van der Waals surface area (Å²) in [5.41, 5.74) is 0.478. The number of nitrogens with one attached hydrogen (secondary N) is 1. The first-order valence-corrected chi connectivity index (χ1v) is 9.03. The maximum Gasteiger partial charge on any atom is 0.0700 e. The van der Waals surface area contributed by atoms with Crippen LogP contribution in [0.1, 0.15) is 65.2 Å². The van der Waals surface area contributed by atoms with E-state index in [-0.39, 0.29) is 0 Å². The molecule has 0 unspecified atom stereocenters. The van der Waals surface area contributed by atoms with Crippen LogP contribution >= 0.6 is 0 Å². The molecular formula is C18H37NO2. The monoisotopic (exact) mass is 299 g/mol. The van der Waals surface area contributed by atoms with Gasteiger partial charge in [-0.05, 0) is 50.0 Å². The fourth-order valence-corrected chi connectivity index (χ4v) is 3.51. The summed E-state index contributed by atoms with van der Waals surface area (Å²) in [5, 5.41) is 3.59. The lowest BCUT2D eigenvalue weighted by Gasteiger charge is -2.40. The molecule has 0 saturated heterocycles. The molecule has 0 heterocycles. The molecule has 1 saturated carbocycles. The molecule has 21 heavy (non-hydrogen) atoms. The minimum Gasteiger partial charge on any atom is -0.382 e. The fourth-order valence-electron chi connectivity index (χ4n) is 3.51. The third-order valence-corrected chi connectivity index (χ3v) is 5.09. The van der Waals surface area contributed by atoms with Crippen molar-refractivity contribution in [2.75, 3.05) is 40.0 Å². The summed E-state index contributed by atoms with van der Waals surface area (Å²) in [4.78, 5) is 0. The van der Waals surface area contributed by atoms with Crippen molar-refractivity contribution in [1.29, 1.82) is 0 Å². The molecule has 0 bridgehead atoms. The molecule has 1 rings (SSSR count). The first-order chi connectivity index (χ1) is 10.3. The molecule has 0 aromatic heterocycles. The first kappa shape index (κ1) is 18.9. The van der Waals surface area contributed by atoms with Gasteiger partial charge in [-0.2, -0.15) is 0 Å². The van der Waals surface area contributed by atoms with Gasteiger partial charge in [0.1, 0.15) is 0 Å². The van der Waals surface area contributed by atoms with Crippen LogP contribution in [0.4, 0.5) is 0 Å². The standard InChI is InChI=1S/C18H37NO2/c1-4-6-7-17-8-10-18(11-9-17,16-19-5-2)12-13-21-15-14-20-3/h17,19H,4-16H2,1-3H3. The Morgan fingerprint density at radius 1 is 1.10 bits per heavy atom. The van der Waals surface area contributed by atoms with E-state index in [0.717, 1.165) is 32.2 Å². The number of hydrogen-bond donors (Lipinski definition) is 1. The van der Waals surface area contributed by atoms with Gasteiger partial charge in [-0.25, -0.2) is 0 Å². The van der Waals surface area contributed by atoms with Crippen LogP contribution in [0.3, 0.4) is 0 Å². The minimum atomic E-state index is 0.478. The first-order valence-electron chi connectivity index (χ1n) is 9.03. The number of methoxy groups -OCH3 is 1. The van der Waals surface area contributed by atoms with Crippen LogP contribution in [0.5, 0.6) is 0 Å². The predicted molar refractivity (Wildman–Crippen MR) is 89.8 cm³/mol. The Balaban J connectivity index is 2.33. The lowest BCUT2D eigenvalue weighted by atomic mass is 9.67. The van der Waals surface area contributed by atoms with Gasteiger partial charge in [0, 0.05) is 20.3 Å². The third kappa shape index (κ3) is 7.62. The second kappa shape index (κ2) is 11.4. The maximum atomic E-state index is 5.72. The highest BCUT2D eigenvalue weighted by Gasteiger charge is 2.34. The summed E-state index contributed by atoms with van der Waals surface area (Å²) in [5.74, 6) is 0.981. The summed E-state index contributed by atoms with van der Waals surface area (Å²) in [6.07, 6.45) is 11.0. The largest absolute Gasteiger partial charge is 0.382 e. The van der Waals surface area contributed by atoms with Gasteiger partial charge in [0.2, 0.25) is 0 Å². The molecule has 1 aliphatic carbocycles. The minimum absolute atomic E-state index is 0.478. The van der Waals surface area contributed by atoms with E-state index in [1.54, 1.807) is 7.11 Å². The topological polar surface area (TPSA) is 30.5 Å². The number of ether oxygens (including phenoxy) is 2. The maximum absolute atomic E-state index is 5.72. The number of rotatable bonds is 12. The van der Waals surface area contributed by atoms with Crippen molar-refractivity contribution in [1.82, 2.24) is 5.32 Å². The second-order valence-corrected chi connectivity index (χ2v) is 6.72. The van der Waals surface area contributed by atoms with E-state index in [9.17, 15) is 0 Å². The van der Waals surface area contributed by atoms with Crippen molar-refractivity contribution in [2.45, 2.75) is 65.2 Å². The third-order valence-electron chi connectivity index (χ3n) is 5.09. The smallest absolute Gasteiger partial charge is 0.0700 e. The van der Waals surface area contributed by atoms with Gasteiger partial charge in [0.25, 0.3) is 0 Å². The second-order valence-electron chi connectivity index (χ2n) is 6.72.